The van der Waals surface area contributed by atoms with Gasteiger partial charge in [0.05, 0.1) is 5.54 Å². The standard InChI is InChI=1S/C24H25ClFN3O/c1-15-13-17(25)8-10-19(15)23(30)28-18-9-11-21(26)20(14-18)24-12-4-6-16(24)5-2-3-7-22(27)29-24/h3,7-11,13-14,16H,2,4-6,12H2,1H3,(H2,27,29)(H,28,30)/b7-3+. The fourth-order valence-electron chi connectivity index (χ4n) is 4.79. The molecular weight excluding hydrogens is 401 g/mol. The maximum atomic E-state index is 15.1. The summed E-state index contributed by atoms with van der Waals surface area (Å²) in [6.45, 7) is 1.83. The molecule has 1 amide bonds. The van der Waals surface area contributed by atoms with Crippen LogP contribution >= 0.6 is 11.6 Å². The number of rotatable bonds is 3. The van der Waals surface area contributed by atoms with Gasteiger partial charge in [0, 0.05) is 21.8 Å². The minimum absolute atomic E-state index is 0.222. The minimum Gasteiger partial charge on any atom is -0.384 e. The van der Waals surface area contributed by atoms with E-state index in [1.807, 2.05) is 19.1 Å². The number of amidine groups is 1. The van der Waals surface area contributed by atoms with Crippen molar-refractivity contribution < 1.29 is 9.18 Å². The molecule has 0 aromatic heterocycles. The summed E-state index contributed by atoms with van der Waals surface area (Å²) in [6, 6.07) is 9.83. The summed E-state index contributed by atoms with van der Waals surface area (Å²) < 4.78 is 15.1. The number of nitrogens with two attached hydrogens (primary N) is 1. The molecule has 2 atom stereocenters. The number of carbonyl (C=O) groups is 1. The molecule has 1 fully saturated rings. The third-order valence-corrected chi connectivity index (χ3v) is 6.44. The lowest BCUT2D eigenvalue weighted by molar-refractivity contribution is 0.102. The molecule has 1 aliphatic heterocycles. The quantitative estimate of drug-likeness (QED) is 0.658. The highest BCUT2D eigenvalue weighted by Crippen LogP contribution is 2.50. The number of hydrogen-bond acceptors (Lipinski definition) is 3. The SMILES string of the molecule is Cc1cc(Cl)ccc1C(=O)Nc1ccc(F)c(C23CCCC2CC/C=C/C(N)=N3)c1. The molecule has 3 N–H and O–H groups in total. The van der Waals surface area contributed by atoms with Crippen molar-refractivity contribution in [2.45, 2.75) is 44.6 Å². The molecule has 4 rings (SSSR count). The van der Waals surface area contributed by atoms with Crippen molar-refractivity contribution in [1.29, 1.82) is 0 Å². The Kier molecular flexibility index (Phi) is 5.65. The number of anilines is 1. The second-order valence-electron chi connectivity index (χ2n) is 8.14. The summed E-state index contributed by atoms with van der Waals surface area (Å²) in [7, 11) is 0. The topological polar surface area (TPSA) is 67.5 Å². The molecule has 1 heterocycles. The lowest BCUT2D eigenvalue weighted by Crippen LogP contribution is -2.33. The van der Waals surface area contributed by atoms with Crippen LogP contribution in [0.2, 0.25) is 5.02 Å². The van der Waals surface area contributed by atoms with Crippen molar-refractivity contribution in [2.75, 3.05) is 5.32 Å². The summed E-state index contributed by atoms with van der Waals surface area (Å²) in [5.74, 6) is 0.0710. The average molecular weight is 426 g/mol. The third-order valence-electron chi connectivity index (χ3n) is 6.21. The first-order valence-corrected chi connectivity index (χ1v) is 10.7. The van der Waals surface area contributed by atoms with E-state index in [-0.39, 0.29) is 17.6 Å². The number of benzene rings is 2. The van der Waals surface area contributed by atoms with Crippen molar-refractivity contribution in [2.24, 2.45) is 16.6 Å². The van der Waals surface area contributed by atoms with Crippen LogP contribution in [0, 0.1) is 18.7 Å². The lowest BCUT2D eigenvalue weighted by atomic mass is 9.77. The van der Waals surface area contributed by atoms with Crippen LogP contribution in [0.1, 0.15) is 53.6 Å². The molecule has 6 heteroatoms. The average Bonchev–Trinajstić information content (AvgIpc) is 3.07. The molecule has 1 saturated carbocycles. The van der Waals surface area contributed by atoms with E-state index in [1.54, 1.807) is 30.3 Å². The number of aryl methyl sites for hydroxylation is 1. The fourth-order valence-corrected chi connectivity index (χ4v) is 5.02. The molecule has 0 saturated heterocycles. The Morgan fingerprint density at radius 1 is 1.27 bits per heavy atom. The number of halogens is 2. The van der Waals surface area contributed by atoms with Gasteiger partial charge in [0.15, 0.2) is 0 Å². The van der Waals surface area contributed by atoms with E-state index in [9.17, 15) is 4.79 Å². The highest BCUT2D eigenvalue weighted by molar-refractivity contribution is 6.30. The number of aliphatic imine (C=N–C) groups is 1. The third kappa shape index (κ3) is 3.86. The predicted octanol–water partition coefficient (Wildman–Crippen LogP) is 5.74. The van der Waals surface area contributed by atoms with Crippen LogP contribution in [-0.2, 0) is 5.54 Å². The zero-order valence-corrected chi connectivity index (χ0v) is 17.7. The molecule has 2 aliphatic rings. The molecule has 0 spiro atoms. The van der Waals surface area contributed by atoms with Crippen molar-refractivity contribution >= 4 is 29.0 Å². The van der Waals surface area contributed by atoms with Crippen LogP contribution in [0.4, 0.5) is 10.1 Å². The molecule has 30 heavy (non-hydrogen) atoms. The molecule has 4 nitrogen and oxygen atoms in total. The highest BCUT2D eigenvalue weighted by Gasteiger charge is 2.46. The van der Waals surface area contributed by atoms with Crippen LogP contribution in [0.5, 0.6) is 0 Å². The number of nitrogens with one attached hydrogen (secondary N) is 1. The summed E-state index contributed by atoms with van der Waals surface area (Å²) >= 11 is 5.99. The summed E-state index contributed by atoms with van der Waals surface area (Å²) in [5.41, 5.74) is 7.79. The van der Waals surface area contributed by atoms with Crippen molar-refractivity contribution in [3.8, 4) is 0 Å². The van der Waals surface area contributed by atoms with Crippen LogP contribution < -0.4 is 11.1 Å². The molecule has 1 aliphatic carbocycles. The smallest absolute Gasteiger partial charge is 0.255 e. The number of nitrogens with zero attached hydrogens (tertiary/aromatic N) is 1. The summed E-state index contributed by atoms with van der Waals surface area (Å²) in [4.78, 5) is 17.6. The number of allylic oxidation sites excluding steroid dienone is 1. The number of hydrogen-bond donors (Lipinski definition) is 2. The Morgan fingerprint density at radius 2 is 2.10 bits per heavy atom. The molecule has 2 aromatic rings. The van der Waals surface area contributed by atoms with Gasteiger partial charge in [-0.25, -0.2) is 4.39 Å². The molecule has 0 radical (unpaired) electrons. The molecule has 0 bridgehead atoms. The monoisotopic (exact) mass is 425 g/mol. The highest BCUT2D eigenvalue weighted by atomic mass is 35.5. The van der Waals surface area contributed by atoms with Gasteiger partial charge in [0.2, 0.25) is 0 Å². The Bertz CT molecular complexity index is 1050. The maximum absolute atomic E-state index is 15.1. The van der Waals surface area contributed by atoms with Crippen LogP contribution in [-0.4, -0.2) is 11.7 Å². The van der Waals surface area contributed by atoms with Crippen molar-refractivity contribution in [3.05, 3.63) is 76.1 Å². The lowest BCUT2D eigenvalue weighted by Gasteiger charge is -2.34. The van der Waals surface area contributed by atoms with Gasteiger partial charge in [0.1, 0.15) is 11.7 Å². The van der Waals surface area contributed by atoms with Crippen LogP contribution in [0.3, 0.4) is 0 Å². The van der Waals surface area contributed by atoms with Crippen molar-refractivity contribution in [3.63, 3.8) is 0 Å². The van der Waals surface area contributed by atoms with E-state index in [4.69, 9.17) is 22.3 Å². The number of carbonyl (C=O) groups excluding carboxylic acids is 1. The van der Waals surface area contributed by atoms with Crippen LogP contribution in [0.15, 0.2) is 53.5 Å². The van der Waals surface area contributed by atoms with Gasteiger partial charge in [-0.3, -0.25) is 9.79 Å². The largest absolute Gasteiger partial charge is 0.384 e. The zero-order chi connectivity index (χ0) is 21.3. The predicted molar refractivity (Wildman–Crippen MR) is 120 cm³/mol. The Hall–Kier alpha value is -2.66. The second-order valence-corrected chi connectivity index (χ2v) is 8.57. The Labute approximate surface area is 181 Å². The molecule has 2 aromatic carbocycles. The first-order chi connectivity index (χ1) is 14.4. The Morgan fingerprint density at radius 3 is 2.90 bits per heavy atom. The van der Waals surface area contributed by atoms with E-state index in [2.05, 4.69) is 5.32 Å². The normalized spacial score (nSPS) is 24.4. The first kappa shape index (κ1) is 20.6. The van der Waals surface area contributed by atoms with E-state index in [0.717, 1.165) is 37.7 Å². The first-order valence-electron chi connectivity index (χ1n) is 10.3. The molecule has 2 unspecified atom stereocenters. The van der Waals surface area contributed by atoms with E-state index < -0.39 is 5.54 Å². The zero-order valence-electron chi connectivity index (χ0n) is 16.9. The van der Waals surface area contributed by atoms with Gasteiger partial charge in [-0.2, -0.15) is 0 Å². The Balaban J connectivity index is 1.71. The van der Waals surface area contributed by atoms with E-state index in [1.165, 1.54) is 6.07 Å². The van der Waals surface area contributed by atoms with Crippen LogP contribution in [0.25, 0.3) is 0 Å². The van der Waals surface area contributed by atoms with Gasteiger partial charge < -0.3 is 11.1 Å². The maximum Gasteiger partial charge on any atom is 0.255 e. The molecule has 156 valence electrons. The van der Waals surface area contributed by atoms with Gasteiger partial charge in [-0.1, -0.05) is 24.1 Å². The van der Waals surface area contributed by atoms with Gasteiger partial charge in [0.25, 0.3) is 5.91 Å². The second kappa shape index (κ2) is 8.23. The molecular formula is C24H25ClFN3O. The number of fused-ring (bicyclic) bond motifs is 1. The van der Waals surface area contributed by atoms with E-state index in [0.29, 0.717) is 27.7 Å². The number of amides is 1. The van der Waals surface area contributed by atoms with Gasteiger partial charge >= 0.3 is 0 Å². The van der Waals surface area contributed by atoms with Gasteiger partial charge in [-0.15, -0.1) is 0 Å². The minimum atomic E-state index is -0.685. The fraction of sp³-hybridized carbons (Fsp3) is 0.333. The van der Waals surface area contributed by atoms with Gasteiger partial charge in [-0.05, 0) is 86.6 Å². The summed E-state index contributed by atoms with van der Waals surface area (Å²) in [5, 5.41) is 3.48. The van der Waals surface area contributed by atoms with Crippen molar-refractivity contribution in [1.82, 2.24) is 0 Å². The summed E-state index contributed by atoms with van der Waals surface area (Å²) in [6.07, 6.45) is 8.39. The van der Waals surface area contributed by atoms with E-state index >= 15 is 4.39 Å².